The fraction of sp³-hybridized carbons (Fsp3) is 0.286. The van der Waals surface area contributed by atoms with Crippen LogP contribution in [0, 0.1) is 0 Å². The van der Waals surface area contributed by atoms with Crippen LogP contribution in [0.25, 0.3) is 5.69 Å². The van der Waals surface area contributed by atoms with Crippen LogP contribution in [0.15, 0.2) is 22.7 Å². The lowest BCUT2D eigenvalue weighted by molar-refractivity contribution is 0.0689. The minimum atomic E-state index is -0.971. The van der Waals surface area contributed by atoms with Crippen molar-refractivity contribution in [3.05, 3.63) is 39.6 Å². The monoisotopic (exact) mass is 336 g/mol. The van der Waals surface area contributed by atoms with Gasteiger partial charge in [0.2, 0.25) is 0 Å². The first kappa shape index (κ1) is 13.2. The number of halogens is 1. The Kier molecular flexibility index (Phi) is 3.25. The first-order valence-electron chi connectivity index (χ1n) is 6.30. The molecule has 1 aliphatic carbocycles. The SMILES string of the molecule is COc1ccc(Br)c(-n2nc(C(=O)O)c3c2CCC3)c1. The lowest BCUT2D eigenvalue weighted by Crippen LogP contribution is -2.05. The van der Waals surface area contributed by atoms with E-state index in [1.54, 1.807) is 11.8 Å². The Hall–Kier alpha value is -1.82. The summed E-state index contributed by atoms with van der Waals surface area (Å²) in [4.78, 5) is 11.3. The summed E-state index contributed by atoms with van der Waals surface area (Å²) in [6, 6.07) is 5.56. The summed E-state index contributed by atoms with van der Waals surface area (Å²) in [5, 5.41) is 13.5. The molecular weight excluding hydrogens is 324 g/mol. The third-order valence-electron chi connectivity index (χ3n) is 3.51. The van der Waals surface area contributed by atoms with E-state index in [-0.39, 0.29) is 5.69 Å². The molecule has 0 bridgehead atoms. The highest BCUT2D eigenvalue weighted by atomic mass is 79.9. The second-order valence-electron chi connectivity index (χ2n) is 4.66. The average molecular weight is 337 g/mol. The second-order valence-corrected chi connectivity index (χ2v) is 5.52. The Morgan fingerprint density at radius 3 is 2.95 bits per heavy atom. The topological polar surface area (TPSA) is 64.4 Å². The van der Waals surface area contributed by atoms with E-state index < -0.39 is 5.97 Å². The van der Waals surface area contributed by atoms with Crippen LogP contribution in [0.3, 0.4) is 0 Å². The fourth-order valence-corrected chi connectivity index (χ4v) is 3.00. The van der Waals surface area contributed by atoms with Crippen molar-refractivity contribution in [2.24, 2.45) is 0 Å². The zero-order valence-corrected chi connectivity index (χ0v) is 12.5. The summed E-state index contributed by atoms with van der Waals surface area (Å²) < 4.78 is 7.80. The molecule has 3 rings (SSSR count). The summed E-state index contributed by atoms with van der Waals surface area (Å²) in [7, 11) is 1.60. The van der Waals surface area contributed by atoms with Crippen molar-refractivity contribution in [1.82, 2.24) is 9.78 Å². The number of carboxylic acids is 1. The quantitative estimate of drug-likeness (QED) is 0.935. The van der Waals surface area contributed by atoms with Gasteiger partial charge in [-0.15, -0.1) is 0 Å². The number of nitrogens with zero attached hydrogens (tertiary/aromatic N) is 2. The third kappa shape index (κ3) is 2.00. The van der Waals surface area contributed by atoms with Crippen LogP contribution in [-0.2, 0) is 12.8 Å². The number of rotatable bonds is 3. The number of carbonyl (C=O) groups is 1. The molecular formula is C14H13BrN2O3. The first-order chi connectivity index (χ1) is 9.61. The number of aromatic nitrogens is 2. The van der Waals surface area contributed by atoms with Gasteiger partial charge < -0.3 is 9.84 Å². The Labute approximate surface area is 124 Å². The van der Waals surface area contributed by atoms with Crippen LogP contribution in [0.4, 0.5) is 0 Å². The average Bonchev–Trinajstić information content (AvgIpc) is 3.01. The molecule has 1 aromatic carbocycles. The zero-order valence-electron chi connectivity index (χ0n) is 10.9. The number of methoxy groups -OCH3 is 1. The van der Waals surface area contributed by atoms with Gasteiger partial charge in [0.25, 0.3) is 0 Å². The Morgan fingerprint density at radius 1 is 1.45 bits per heavy atom. The number of ether oxygens (including phenoxy) is 1. The molecule has 0 aliphatic heterocycles. The van der Waals surface area contributed by atoms with Crippen molar-refractivity contribution in [3.8, 4) is 11.4 Å². The van der Waals surface area contributed by atoms with E-state index in [2.05, 4.69) is 21.0 Å². The van der Waals surface area contributed by atoms with Gasteiger partial charge in [-0.25, -0.2) is 9.48 Å². The lowest BCUT2D eigenvalue weighted by Gasteiger charge is -2.09. The zero-order chi connectivity index (χ0) is 14.3. The molecule has 0 unspecified atom stereocenters. The summed E-state index contributed by atoms with van der Waals surface area (Å²) in [5.41, 5.74) is 2.80. The molecule has 0 atom stereocenters. The fourth-order valence-electron chi connectivity index (χ4n) is 2.59. The maximum atomic E-state index is 11.3. The molecule has 0 amide bonds. The van der Waals surface area contributed by atoms with Crippen LogP contribution >= 0.6 is 15.9 Å². The normalized spacial score (nSPS) is 13.3. The number of hydrogen-bond acceptors (Lipinski definition) is 3. The van der Waals surface area contributed by atoms with E-state index in [0.717, 1.165) is 40.7 Å². The van der Waals surface area contributed by atoms with Crippen molar-refractivity contribution < 1.29 is 14.6 Å². The number of hydrogen-bond donors (Lipinski definition) is 1. The van der Waals surface area contributed by atoms with Gasteiger partial charge in [-0.1, -0.05) is 0 Å². The predicted molar refractivity (Wildman–Crippen MR) is 76.8 cm³/mol. The molecule has 0 spiro atoms. The predicted octanol–water partition coefficient (Wildman–Crippen LogP) is 2.83. The third-order valence-corrected chi connectivity index (χ3v) is 4.18. The Bertz CT molecular complexity index is 694. The molecule has 104 valence electrons. The standard InChI is InChI=1S/C14H13BrN2O3/c1-20-8-5-6-10(15)12(7-8)17-11-4-2-3-9(11)13(16-17)14(18)19/h5-7H,2-4H2,1H3,(H,18,19). The van der Waals surface area contributed by atoms with Gasteiger partial charge in [-0.05, 0) is 47.3 Å². The molecule has 2 aromatic rings. The largest absolute Gasteiger partial charge is 0.497 e. The van der Waals surface area contributed by atoms with Crippen LogP contribution < -0.4 is 4.74 Å². The van der Waals surface area contributed by atoms with E-state index >= 15 is 0 Å². The minimum Gasteiger partial charge on any atom is -0.497 e. The molecule has 0 radical (unpaired) electrons. The molecule has 1 N–H and O–H groups in total. The van der Waals surface area contributed by atoms with Gasteiger partial charge in [-0.3, -0.25) is 0 Å². The van der Waals surface area contributed by atoms with E-state index in [1.807, 2.05) is 18.2 Å². The molecule has 0 saturated heterocycles. The second kappa shape index (κ2) is 4.94. The molecule has 5 nitrogen and oxygen atoms in total. The summed E-state index contributed by atoms with van der Waals surface area (Å²) in [5.74, 6) is -0.261. The highest BCUT2D eigenvalue weighted by Gasteiger charge is 2.27. The molecule has 0 saturated carbocycles. The van der Waals surface area contributed by atoms with Crippen LogP contribution in [-0.4, -0.2) is 28.0 Å². The molecule has 1 aromatic heterocycles. The van der Waals surface area contributed by atoms with Crippen LogP contribution in [0.5, 0.6) is 5.75 Å². The first-order valence-corrected chi connectivity index (χ1v) is 7.09. The summed E-state index contributed by atoms with van der Waals surface area (Å²) >= 11 is 3.49. The Morgan fingerprint density at radius 2 is 2.25 bits per heavy atom. The van der Waals surface area contributed by atoms with E-state index in [0.29, 0.717) is 5.75 Å². The van der Waals surface area contributed by atoms with E-state index in [9.17, 15) is 9.90 Å². The minimum absolute atomic E-state index is 0.159. The summed E-state index contributed by atoms with van der Waals surface area (Å²) in [6.07, 6.45) is 2.59. The van der Waals surface area contributed by atoms with E-state index in [1.165, 1.54) is 0 Å². The Balaban J connectivity index is 2.20. The van der Waals surface area contributed by atoms with Gasteiger partial charge in [-0.2, -0.15) is 5.10 Å². The molecule has 0 fully saturated rings. The molecule has 1 aliphatic rings. The van der Waals surface area contributed by atoms with Crippen molar-refractivity contribution in [2.75, 3.05) is 7.11 Å². The summed E-state index contributed by atoms with van der Waals surface area (Å²) in [6.45, 7) is 0. The highest BCUT2D eigenvalue weighted by Crippen LogP contribution is 2.32. The molecule has 1 heterocycles. The van der Waals surface area contributed by atoms with Crippen LogP contribution in [0.2, 0.25) is 0 Å². The maximum Gasteiger partial charge on any atom is 0.356 e. The maximum absolute atomic E-state index is 11.3. The van der Waals surface area contributed by atoms with Gasteiger partial charge >= 0.3 is 5.97 Å². The van der Waals surface area contributed by atoms with Crippen molar-refractivity contribution in [1.29, 1.82) is 0 Å². The van der Waals surface area contributed by atoms with Gasteiger partial charge in [0.05, 0.1) is 12.8 Å². The lowest BCUT2D eigenvalue weighted by atomic mass is 10.2. The van der Waals surface area contributed by atoms with Crippen LogP contribution in [0.1, 0.15) is 28.2 Å². The molecule has 20 heavy (non-hydrogen) atoms. The van der Waals surface area contributed by atoms with Crippen molar-refractivity contribution in [3.63, 3.8) is 0 Å². The van der Waals surface area contributed by atoms with E-state index in [4.69, 9.17) is 4.74 Å². The van der Waals surface area contributed by atoms with Gasteiger partial charge in [0.15, 0.2) is 5.69 Å². The number of benzene rings is 1. The number of aromatic carboxylic acids is 1. The van der Waals surface area contributed by atoms with Crippen molar-refractivity contribution in [2.45, 2.75) is 19.3 Å². The smallest absolute Gasteiger partial charge is 0.356 e. The van der Waals surface area contributed by atoms with Gasteiger partial charge in [0, 0.05) is 21.8 Å². The molecule has 6 heteroatoms. The number of fused-ring (bicyclic) bond motifs is 1. The number of carboxylic acid groups (broad SMARTS) is 1. The highest BCUT2D eigenvalue weighted by molar-refractivity contribution is 9.10. The van der Waals surface area contributed by atoms with Crippen molar-refractivity contribution >= 4 is 21.9 Å². The van der Waals surface area contributed by atoms with Gasteiger partial charge in [0.1, 0.15) is 5.75 Å².